The summed E-state index contributed by atoms with van der Waals surface area (Å²) in [5.41, 5.74) is 1.66. The van der Waals surface area contributed by atoms with Gasteiger partial charge >= 0.3 is 0 Å². The minimum Gasteiger partial charge on any atom is -0.307 e. The Hall–Kier alpha value is 0.390. The molecule has 1 nitrogen and oxygen atoms in total. The highest BCUT2D eigenvalue weighted by atomic mass is 127. The van der Waals surface area contributed by atoms with Gasteiger partial charge in [0.25, 0.3) is 0 Å². The number of hydrogen-bond donors (Lipinski definition) is 1. The van der Waals surface area contributed by atoms with Gasteiger partial charge in [0.05, 0.1) is 2.88 Å². The van der Waals surface area contributed by atoms with Crippen molar-refractivity contribution < 1.29 is 0 Å². The topological polar surface area (TPSA) is 12.0 Å². The quantitative estimate of drug-likeness (QED) is 0.662. The fraction of sp³-hybridized carbons (Fsp3) is 0.778. The van der Waals surface area contributed by atoms with Crippen molar-refractivity contribution in [1.82, 2.24) is 5.32 Å². The van der Waals surface area contributed by atoms with Crippen LogP contribution in [0, 0.1) is 26.6 Å². The summed E-state index contributed by atoms with van der Waals surface area (Å²) in [6, 6.07) is 3.97. The average Bonchev–Trinajstić information content (AvgIpc) is 2.83. The monoisotopic (exact) mass is 413 g/mol. The Kier molecular flexibility index (Phi) is 3.42. The second-order valence-corrected chi connectivity index (χ2v) is 11.0. The predicted octanol–water partition coefficient (Wildman–Crippen LogP) is 5.14. The number of aryl methyl sites for hydroxylation is 1. The molecule has 1 N–H and O–H groups in total. The summed E-state index contributed by atoms with van der Waals surface area (Å²) in [7, 11) is 0. The molecule has 3 heteroatoms. The standard InChI is InChI=1S/C18H24INS/c19-17-9-14-15(2-1-3-16(14)21-17)20-18-12-5-10-4-11(7-12)8-13(18)6-10/h9-13,15,18,20H,1-8H2. The lowest BCUT2D eigenvalue weighted by Gasteiger charge is -2.55. The van der Waals surface area contributed by atoms with E-state index in [2.05, 4.69) is 34.0 Å². The van der Waals surface area contributed by atoms with Crippen molar-refractivity contribution in [1.29, 1.82) is 0 Å². The van der Waals surface area contributed by atoms with E-state index in [0.29, 0.717) is 6.04 Å². The van der Waals surface area contributed by atoms with Gasteiger partial charge in [-0.15, -0.1) is 11.3 Å². The van der Waals surface area contributed by atoms with Crippen LogP contribution >= 0.6 is 33.9 Å². The van der Waals surface area contributed by atoms with E-state index in [1.54, 1.807) is 16.9 Å². The van der Waals surface area contributed by atoms with Crippen LogP contribution in [0.4, 0.5) is 0 Å². The van der Waals surface area contributed by atoms with Crippen molar-refractivity contribution in [3.05, 3.63) is 19.4 Å². The first-order valence-corrected chi connectivity index (χ1v) is 10.7. The number of halogens is 1. The summed E-state index contributed by atoms with van der Waals surface area (Å²) in [6.45, 7) is 0. The summed E-state index contributed by atoms with van der Waals surface area (Å²) in [4.78, 5) is 1.67. The smallest absolute Gasteiger partial charge is 0.0659 e. The predicted molar refractivity (Wildman–Crippen MR) is 96.7 cm³/mol. The van der Waals surface area contributed by atoms with Gasteiger partial charge in [0.15, 0.2) is 0 Å². The first-order valence-electron chi connectivity index (χ1n) is 8.80. The Morgan fingerprint density at radius 3 is 2.48 bits per heavy atom. The van der Waals surface area contributed by atoms with Gasteiger partial charge in [-0.25, -0.2) is 0 Å². The largest absolute Gasteiger partial charge is 0.307 e. The van der Waals surface area contributed by atoms with Crippen LogP contribution in [0.2, 0.25) is 0 Å². The van der Waals surface area contributed by atoms with Gasteiger partial charge in [-0.1, -0.05) is 0 Å². The maximum atomic E-state index is 4.17. The lowest BCUT2D eigenvalue weighted by molar-refractivity contribution is -0.0184. The van der Waals surface area contributed by atoms with E-state index in [0.717, 1.165) is 29.7 Å². The van der Waals surface area contributed by atoms with Gasteiger partial charge in [-0.3, -0.25) is 0 Å². The minimum atomic E-state index is 0.663. The zero-order valence-corrected chi connectivity index (χ0v) is 15.5. The van der Waals surface area contributed by atoms with Gasteiger partial charge in [0.1, 0.15) is 0 Å². The van der Waals surface area contributed by atoms with Crippen LogP contribution in [-0.4, -0.2) is 6.04 Å². The van der Waals surface area contributed by atoms with Gasteiger partial charge in [-0.2, -0.15) is 0 Å². The molecule has 1 aromatic rings. The van der Waals surface area contributed by atoms with Crippen LogP contribution in [0.5, 0.6) is 0 Å². The third-order valence-electron chi connectivity index (χ3n) is 6.70. The molecule has 4 bridgehead atoms. The van der Waals surface area contributed by atoms with Gasteiger partial charge in [0.2, 0.25) is 0 Å². The van der Waals surface area contributed by atoms with Crippen LogP contribution in [0.3, 0.4) is 0 Å². The molecule has 114 valence electrons. The van der Waals surface area contributed by atoms with E-state index in [-0.39, 0.29) is 0 Å². The molecule has 5 aliphatic rings. The van der Waals surface area contributed by atoms with E-state index < -0.39 is 0 Å². The summed E-state index contributed by atoms with van der Waals surface area (Å²) in [5.74, 6) is 4.19. The molecule has 21 heavy (non-hydrogen) atoms. The second kappa shape index (κ2) is 5.20. The Balaban J connectivity index is 1.38. The molecule has 1 atom stereocenters. The lowest BCUT2D eigenvalue weighted by atomic mass is 9.54. The summed E-state index contributed by atoms with van der Waals surface area (Å²) < 4.78 is 1.48. The molecule has 0 aromatic carbocycles. The molecule has 0 radical (unpaired) electrons. The van der Waals surface area contributed by atoms with Crippen LogP contribution < -0.4 is 5.32 Å². The normalized spacial score (nSPS) is 44.0. The molecule has 1 aromatic heterocycles. The van der Waals surface area contributed by atoms with Crippen LogP contribution in [0.1, 0.15) is 61.4 Å². The molecule has 4 fully saturated rings. The molecular formula is C18H24INS. The molecule has 5 aliphatic carbocycles. The van der Waals surface area contributed by atoms with Gasteiger partial charge in [0, 0.05) is 17.0 Å². The molecule has 6 rings (SSSR count). The first kappa shape index (κ1) is 13.8. The van der Waals surface area contributed by atoms with Crippen LogP contribution in [0.15, 0.2) is 6.07 Å². The molecule has 0 spiro atoms. The summed E-state index contributed by atoms with van der Waals surface area (Å²) >= 11 is 4.54. The number of rotatable bonds is 2. The van der Waals surface area contributed by atoms with Crippen molar-refractivity contribution in [2.24, 2.45) is 23.7 Å². The van der Waals surface area contributed by atoms with Gasteiger partial charge in [-0.05, 0) is 109 Å². The van der Waals surface area contributed by atoms with Crippen molar-refractivity contribution in [2.75, 3.05) is 0 Å². The molecule has 4 saturated carbocycles. The highest BCUT2D eigenvalue weighted by Crippen LogP contribution is 2.54. The Bertz CT molecular complexity index is 523. The highest BCUT2D eigenvalue weighted by Gasteiger charge is 2.48. The third kappa shape index (κ3) is 2.33. The maximum absolute atomic E-state index is 4.17. The molecule has 1 unspecified atom stereocenters. The zero-order valence-electron chi connectivity index (χ0n) is 12.5. The fourth-order valence-corrected chi connectivity index (χ4v) is 8.24. The number of nitrogens with one attached hydrogen (secondary N) is 1. The highest BCUT2D eigenvalue weighted by molar-refractivity contribution is 14.1. The first-order chi connectivity index (χ1) is 10.3. The third-order valence-corrected chi connectivity index (χ3v) is 8.68. The van der Waals surface area contributed by atoms with Crippen LogP contribution in [0.25, 0.3) is 0 Å². The zero-order chi connectivity index (χ0) is 14.0. The second-order valence-electron chi connectivity index (χ2n) is 8.00. The van der Waals surface area contributed by atoms with Crippen molar-refractivity contribution in [3.63, 3.8) is 0 Å². The maximum Gasteiger partial charge on any atom is 0.0659 e. The number of fused-ring (bicyclic) bond motifs is 1. The Labute approximate surface area is 145 Å². The van der Waals surface area contributed by atoms with Crippen LogP contribution in [-0.2, 0) is 6.42 Å². The molecule has 0 amide bonds. The Morgan fingerprint density at radius 1 is 1.05 bits per heavy atom. The van der Waals surface area contributed by atoms with E-state index in [4.69, 9.17) is 0 Å². The minimum absolute atomic E-state index is 0.663. The summed E-state index contributed by atoms with van der Waals surface area (Å²) in [5, 5.41) is 4.17. The SMILES string of the molecule is Ic1cc2c(s1)CCCC2NC1C2CC3CC(C2)CC1C3. The van der Waals surface area contributed by atoms with E-state index in [1.807, 2.05) is 11.3 Å². The van der Waals surface area contributed by atoms with E-state index >= 15 is 0 Å². The Morgan fingerprint density at radius 2 is 1.76 bits per heavy atom. The van der Waals surface area contributed by atoms with Crippen molar-refractivity contribution >= 4 is 33.9 Å². The lowest BCUT2D eigenvalue weighted by Crippen LogP contribution is -2.55. The molecule has 0 saturated heterocycles. The van der Waals surface area contributed by atoms with Crippen molar-refractivity contribution in [3.8, 4) is 0 Å². The average molecular weight is 413 g/mol. The molecule has 1 heterocycles. The van der Waals surface area contributed by atoms with E-state index in [1.165, 1.54) is 47.8 Å². The van der Waals surface area contributed by atoms with Gasteiger partial charge < -0.3 is 5.32 Å². The fourth-order valence-electron chi connectivity index (χ4n) is 6.12. The molecular weight excluding hydrogens is 389 g/mol. The summed E-state index contributed by atoms with van der Waals surface area (Å²) in [6.07, 6.45) is 11.8. The molecule has 0 aliphatic heterocycles. The van der Waals surface area contributed by atoms with E-state index in [9.17, 15) is 0 Å². The van der Waals surface area contributed by atoms with Crippen molar-refractivity contribution in [2.45, 2.75) is 63.5 Å². The number of thiophene rings is 1. The number of hydrogen-bond acceptors (Lipinski definition) is 2.